The Morgan fingerprint density at radius 2 is 1.24 bits per heavy atom. The SMILES string of the molecule is CCOC(=O)CCCOc1cc2ccccc2c(-c2cccc3ccccc23)c1OCCCC(=O)OCC. The fourth-order valence-electron chi connectivity index (χ4n) is 4.52. The second-order valence-corrected chi connectivity index (χ2v) is 8.84. The summed E-state index contributed by atoms with van der Waals surface area (Å²) in [7, 11) is 0. The molecule has 0 radical (unpaired) electrons. The molecular weight excluding hydrogens is 480 g/mol. The molecule has 0 spiro atoms. The minimum absolute atomic E-state index is 0.235. The molecular formula is C32H34O6. The van der Waals surface area contributed by atoms with Crippen molar-refractivity contribution in [3.63, 3.8) is 0 Å². The summed E-state index contributed by atoms with van der Waals surface area (Å²) >= 11 is 0. The molecule has 0 amide bonds. The van der Waals surface area contributed by atoms with Crippen LogP contribution < -0.4 is 9.47 Å². The number of benzene rings is 4. The van der Waals surface area contributed by atoms with Crippen LogP contribution in [0.1, 0.15) is 39.5 Å². The molecule has 38 heavy (non-hydrogen) atoms. The van der Waals surface area contributed by atoms with Gasteiger partial charge in [-0.05, 0) is 59.9 Å². The van der Waals surface area contributed by atoms with Crippen molar-refractivity contribution in [2.45, 2.75) is 39.5 Å². The molecule has 198 valence electrons. The Bertz CT molecular complexity index is 1390. The molecule has 0 aliphatic heterocycles. The second-order valence-electron chi connectivity index (χ2n) is 8.84. The summed E-state index contributed by atoms with van der Waals surface area (Å²) in [4.78, 5) is 23.7. The van der Waals surface area contributed by atoms with Crippen molar-refractivity contribution >= 4 is 33.5 Å². The molecule has 0 bridgehead atoms. The summed E-state index contributed by atoms with van der Waals surface area (Å²) in [5.74, 6) is 0.757. The van der Waals surface area contributed by atoms with Gasteiger partial charge in [-0.1, -0.05) is 66.7 Å². The molecule has 6 heteroatoms. The fraction of sp³-hybridized carbons (Fsp3) is 0.312. The molecule has 0 aromatic heterocycles. The van der Waals surface area contributed by atoms with E-state index in [0.717, 1.165) is 32.7 Å². The zero-order valence-corrected chi connectivity index (χ0v) is 22.0. The molecule has 0 aliphatic rings. The second kappa shape index (κ2) is 13.5. The number of carbonyl (C=O) groups excluding carboxylic acids is 2. The largest absolute Gasteiger partial charge is 0.490 e. The fourth-order valence-corrected chi connectivity index (χ4v) is 4.52. The number of hydrogen-bond donors (Lipinski definition) is 0. The lowest BCUT2D eigenvalue weighted by Gasteiger charge is -2.20. The molecule has 0 unspecified atom stereocenters. The lowest BCUT2D eigenvalue weighted by Crippen LogP contribution is -2.09. The molecule has 0 atom stereocenters. The molecule has 0 N–H and O–H groups in total. The Morgan fingerprint density at radius 1 is 0.658 bits per heavy atom. The Balaban J connectivity index is 1.73. The first-order valence-corrected chi connectivity index (χ1v) is 13.2. The number of esters is 2. The summed E-state index contributed by atoms with van der Waals surface area (Å²) in [6, 6.07) is 24.6. The normalized spacial score (nSPS) is 10.9. The quantitative estimate of drug-likeness (QED) is 0.140. The monoisotopic (exact) mass is 514 g/mol. The van der Waals surface area contributed by atoms with Gasteiger partial charge in [-0.25, -0.2) is 0 Å². The van der Waals surface area contributed by atoms with E-state index in [1.165, 1.54) is 0 Å². The highest BCUT2D eigenvalue weighted by Crippen LogP contribution is 2.46. The van der Waals surface area contributed by atoms with E-state index in [1.54, 1.807) is 13.8 Å². The zero-order chi connectivity index (χ0) is 26.7. The minimum Gasteiger partial charge on any atom is -0.490 e. The first-order valence-electron chi connectivity index (χ1n) is 13.2. The lowest BCUT2D eigenvalue weighted by molar-refractivity contribution is -0.144. The molecule has 6 nitrogen and oxygen atoms in total. The average Bonchev–Trinajstić information content (AvgIpc) is 2.93. The van der Waals surface area contributed by atoms with E-state index in [-0.39, 0.29) is 24.8 Å². The van der Waals surface area contributed by atoms with Gasteiger partial charge in [0.1, 0.15) is 0 Å². The van der Waals surface area contributed by atoms with Gasteiger partial charge < -0.3 is 18.9 Å². The maximum atomic E-state index is 11.9. The number of fused-ring (bicyclic) bond motifs is 2. The van der Waals surface area contributed by atoms with Gasteiger partial charge in [0.15, 0.2) is 11.5 Å². The van der Waals surface area contributed by atoms with E-state index in [0.29, 0.717) is 50.8 Å². The van der Waals surface area contributed by atoms with Gasteiger partial charge in [-0.15, -0.1) is 0 Å². The summed E-state index contributed by atoms with van der Waals surface area (Å²) < 4.78 is 22.7. The smallest absolute Gasteiger partial charge is 0.305 e. The van der Waals surface area contributed by atoms with Crippen LogP contribution in [0.5, 0.6) is 11.5 Å². The van der Waals surface area contributed by atoms with E-state index in [2.05, 4.69) is 36.4 Å². The molecule has 0 saturated heterocycles. The van der Waals surface area contributed by atoms with Crippen LogP contribution in [-0.4, -0.2) is 38.4 Å². The highest BCUT2D eigenvalue weighted by molar-refractivity contribution is 6.08. The van der Waals surface area contributed by atoms with Gasteiger partial charge in [0.05, 0.1) is 26.4 Å². The van der Waals surface area contributed by atoms with E-state index in [4.69, 9.17) is 18.9 Å². The summed E-state index contributed by atoms with van der Waals surface area (Å²) in [6.45, 7) is 4.98. The highest BCUT2D eigenvalue weighted by Gasteiger charge is 2.20. The van der Waals surface area contributed by atoms with Gasteiger partial charge in [0.2, 0.25) is 0 Å². The van der Waals surface area contributed by atoms with Gasteiger partial charge in [-0.2, -0.15) is 0 Å². The topological polar surface area (TPSA) is 71.1 Å². The molecule has 4 aromatic carbocycles. The Kier molecular flexibility index (Phi) is 9.57. The molecule has 0 fully saturated rings. The number of hydrogen-bond acceptors (Lipinski definition) is 6. The molecule has 0 aliphatic carbocycles. The molecule has 0 heterocycles. The third-order valence-corrected chi connectivity index (χ3v) is 6.19. The number of ether oxygens (including phenoxy) is 4. The Labute approximate surface area is 223 Å². The Morgan fingerprint density at radius 3 is 1.92 bits per heavy atom. The van der Waals surface area contributed by atoms with Crippen LogP contribution >= 0.6 is 0 Å². The van der Waals surface area contributed by atoms with Crippen molar-refractivity contribution in [3.8, 4) is 22.6 Å². The van der Waals surface area contributed by atoms with Crippen LogP contribution in [-0.2, 0) is 19.1 Å². The predicted octanol–water partition coefficient (Wildman–Crippen LogP) is 7.10. The standard InChI is InChI=1S/C32H34O6/c1-3-35-29(33)18-10-20-37-28-22-24-13-6-8-16-26(24)31(32(28)38-21-11-19-30(34)36-4-2)27-17-9-14-23-12-5-7-15-25(23)27/h5-9,12-17,22H,3-4,10-11,18-21H2,1-2H3. The van der Waals surface area contributed by atoms with Crippen molar-refractivity contribution in [3.05, 3.63) is 72.8 Å². The summed E-state index contributed by atoms with van der Waals surface area (Å²) in [6.07, 6.45) is 1.61. The van der Waals surface area contributed by atoms with Crippen molar-refractivity contribution in [1.82, 2.24) is 0 Å². The van der Waals surface area contributed by atoms with Gasteiger partial charge in [0, 0.05) is 18.4 Å². The third kappa shape index (κ3) is 6.62. The van der Waals surface area contributed by atoms with Gasteiger partial charge in [0.25, 0.3) is 0 Å². The van der Waals surface area contributed by atoms with Crippen molar-refractivity contribution in [2.75, 3.05) is 26.4 Å². The number of rotatable bonds is 13. The van der Waals surface area contributed by atoms with E-state index in [9.17, 15) is 9.59 Å². The third-order valence-electron chi connectivity index (χ3n) is 6.19. The lowest BCUT2D eigenvalue weighted by atomic mass is 9.92. The highest BCUT2D eigenvalue weighted by atomic mass is 16.5. The first-order chi connectivity index (χ1) is 18.6. The predicted molar refractivity (Wildman–Crippen MR) is 150 cm³/mol. The van der Waals surface area contributed by atoms with Crippen LogP contribution in [0.4, 0.5) is 0 Å². The summed E-state index contributed by atoms with van der Waals surface area (Å²) in [5.41, 5.74) is 1.98. The van der Waals surface area contributed by atoms with E-state index in [1.807, 2.05) is 36.4 Å². The van der Waals surface area contributed by atoms with Gasteiger partial charge in [-0.3, -0.25) is 9.59 Å². The van der Waals surface area contributed by atoms with Crippen molar-refractivity contribution in [2.24, 2.45) is 0 Å². The van der Waals surface area contributed by atoms with Crippen LogP contribution in [0.25, 0.3) is 32.7 Å². The maximum absolute atomic E-state index is 11.9. The Hall–Kier alpha value is -4.06. The first kappa shape index (κ1) is 27.0. The maximum Gasteiger partial charge on any atom is 0.305 e. The summed E-state index contributed by atoms with van der Waals surface area (Å²) in [5, 5.41) is 4.30. The number of carbonyl (C=O) groups is 2. The van der Waals surface area contributed by atoms with Crippen LogP contribution in [0.3, 0.4) is 0 Å². The molecule has 4 rings (SSSR count). The molecule has 4 aromatic rings. The van der Waals surface area contributed by atoms with E-state index < -0.39 is 0 Å². The van der Waals surface area contributed by atoms with Crippen molar-refractivity contribution < 1.29 is 28.5 Å². The van der Waals surface area contributed by atoms with Crippen LogP contribution in [0, 0.1) is 0 Å². The van der Waals surface area contributed by atoms with Crippen LogP contribution in [0.2, 0.25) is 0 Å². The van der Waals surface area contributed by atoms with Crippen molar-refractivity contribution in [1.29, 1.82) is 0 Å². The average molecular weight is 515 g/mol. The van der Waals surface area contributed by atoms with Crippen LogP contribution in [0.15, 0.2) is 72.8 Å². The van der Waals surface area contributed by atoms with Gasteiger partial charge >= 0.3 is 11.9 Å². The molecule has 0 saturated carbocycles. The van der Waals surface area contributed by atoms with E-state index >= 15 is 0 Å². The zero-order valence-electron chi connectivity index (χ0n) is 22.0. The minimum atomic E-state index is -0.237.